The Kier molecular flexibility index (Phi) is 4.54. The lowest BCUT2D eigenvalue weighted by Gasteiger charge is -2.10. The maximum absolute atomic E-state index is 12.6. The van der Waals surface area contributed by atoms with Crippen molar-refractivity contribution in [3.8, 4) is 5.75 Å². The number of carbonyl (C=O) groups excluding carboxylic acids is 1. The van der Waals surface area contributed by atoms with Gasteiger partial charge in [0.2, 0.25) is 0 Å². The second kappa shape index (κ2) is 6.99. The number of para-hydroxylation sites is 1. The summed E-state index contributed by atoms with van der Waals surface area (Å²) in [5, 5.41) is 1.08. The summed E-state index contributed by atoms with van der Waals surface area (Å²) in [6.07, 6.45) is 5.04. The Bertz CT molecular complexity index is 950. The number of hydrogen-bond acceptors (Lipinski definition) is 2. The fraction of sp³-hybridized carbons (Fsp3) is 0.348. The predicted molar refractivity (Wildman–Crippen MR) is 105 cm³/mol. The minimum Gasteiger partial charge on any atom is -0.493 e. The zero-order valence-electron chi connectivity index (χ0n) is 15.5. The van der Waals surface area contributed by atoms with Gasteiger partial charge in [-0.15, -0.1) is 0 Å². The summed E-state index contributed by atoms with van der Waals surface area (Å²) in [7, 11) is 0. The van der Waals surface area contributed by atoms with Crippen LogP contribution in [-0.2, 0) is 6.54 Å². The number of ether oxygens (including phenoxy) is 1. The number of aryl methyl sites for hydroxylation is 3. The third-order valence-corrected chi connectivity index (χ3v) is 5.15. The smallest absolute Gasteiger partial charge is 0.168 e. The average Bonchev–Trinajstić information content (AvgIpc) is 3.43. The van der Waals surface area contributed by atoms with Crippen LogP contribution in [0.5, 0.6) is 5.75 Å². The molecule has 1 aliphatic rings. The summed E-state index contributed by atoms with van der Waals surface area (Å²) >= 11 is 0. The topological polar surface area (TPSA) is 31.2 Å². The highest BCUT2D eigenvalue weighted by Crippen LogP contribution is 2.35. The van der Waals surface area contributed by atoms with Gasteiger partial charge in [-0.2, -0.15) is 0 Å². The Balaban J connectivity index is 1.45. The lowest BCUT2D eigenvalue weighted by Crippen LogP contribution is -2.05. The molecule has 0 atom stereocenters. The lowest BCUT2D eigenvalue weighted by molar-refractivity contribution is 0.0969. The first-order valence-electron chi connectivity index (χ1n) is 9.45. The van der Waals surface area contributed by atoms with Gasteiger partial charge in [-0.05, 0) is 56.4 Å². The molecular weight excluding hydrogens is 322 g/mol. The minimum atomic E-state index is 0.252. The fourth-order valence-corrected chi connectivity index (χ4v) is 3.47. The number of fused-ring (bicyclic) bond motifs is 1. The van der Waals surface area contributed by atoms with E-state index in [0.717, 1.165) is 48.0 Å². The van der Waals surface area contributed by atoms with Gasteiger partial charge in [0, 0.05) is 35.1 Å². The third kappa shape index (κ3) is 3.39. The number of aromatic nitrogens is 1. The molecule has 0 aliphatic heterocycles. The number of nitrogens with zero attached hydrogens (tertiary/aromatic N) is 1. The van der Waals surface area contributed by atoms with Crippen LogP contribution in [0.3, 0.4) is 0 Å². The van der Waals surface area contributed by atoms with Crippen LogP contribution in [0.25, 0.3) is 10.9 Å². The molecule has 3 aromatic rings. The van der Waals surface area contributed by atoms with Crippen molar-refractivity contribution in [3.63, 3.8) is 0 Å². The molecule has 0 amide bonds. The summed E-state index contributed by atoms with van der Waals surface area (Å²) in [4.78, 5) is 12.6. The van der Waals surface area contributed by atoms with Crippen molar-refractivity contribution in [3.05, 3.63) is 65.4 Å². The van der Waals surface area contributed by atoms with E-state index in [-0.39, 0.29) is 5.92 Å². The molecule has 1 aliphatic carbocycles. The maximum atomic E-state index is 12.6. The maximum Gasteiger partial charge on any atom is 0.168 e. The number of hydrogen-bond donors (Lipinski definition) is 0. The average molecular weight is 347 g/mol. The van der Waals surface area contributed by atoms with E-state index in [9.17, 15) is 4.79 Å². The van der Waals surface area contributed by atoms with Crippen LogP contribution in [-0.4, -0.2) is 17.0 Å². The van der Waals surface area contributed by atoms with Crippen molar-refractivity contribution < 1.29 is 9.53 Å². The largest absolute Gasteiger partial charge is 0.493 e. The minimum absolute atomic E-state index is 0.252. The third-order valence-electron chi connectivity index (χ3n) is 5.15. The van der Waals surface area contributed by atoms with Crippen LogP contribution in [0, 0.1) is 19.8 Å². The highest BCUT2D eigenvalue weighted by molar-refractivity contribution is 6.09. The summed E-state index contributed by atoms with van der Waals surface area (Å²) in [5.41, 5.74) is 4.41. The first-order valence-corrected chi connectivity index (χ1v) is 9.45. The second-order valence-corrected chi connectivity index (χ2v) is 7.36. The Hall–Kier alpha value is -2.55. The molecule has 26 heavy (non-hydrogen) atoms. The lowest BCUT2D eigenvalue weighted by atomic mass is 10.1. The van der Waals surface area contributed by atoms with E-state index in [1.165, 1.54) is 11.1 Å². The molecule has 0 unspecified atom stereocenters. The van der Waals surface area contributed by atoms with E-state index >= 15 is 0 Å². The molecule has 4 rings (SSSR count). The zero-order chi connectivity index (χ0) is 18.1. The molecule has 0 spiro atoms. The van der Waals surface area contributed by atoms with Gasteiger partial charge in [-0.25, -0.2) is 0 Å². The van der Waals surface area contributed by atoms with Gasteiger partial charge < -0.3 is 9.30 Å². The predicted octanol–water partition coefficient (Wildman–Crippen LogP) is 5.32. The molecular formula is C23H25NO2. The molecule has 0 radical (unpaired) electrons. The van der Waals surface area contributed by atoms with Crippen molar-refractivity contribution in [2.24, 2.45) is 5.92 Å². The molecule has 1 fully saturated rings. The fourth-order valence-electron chi connectivity index (χ4n) is 3.47. The van der Waals surface area contributed by atoms with Crippen molar-refractivity contribution >= 4 is 16.7 Å². The Labute approximate surface area is 154 Å². The molecule has 1 heterocycles. The van der Waals surface area contributed by atoms with Gasteiger partial charge >= 0.3 is 0 Å². The number of Topliss-reactive ketones (excluding diaryl/α,β-unsaturated/α-hetero) is 1. The number of benzene rings is 2. The Morgan fingerprint density at radius 2 is 1.96 bits per heavy atom. The highest BCUT2D eigenvalue weighted by Gasteiger charge is 2.32. The monoisotopic (exact) mass is 347 g/mol. The van der Waals surface area contributed by atoms with Gasteiger partial charge in [-0.1, -0.05) is 30.3 Å². The van der Waals surface area contributed by atoms with Crippen LogP contribution in [0.4, 0.5) is 0 Å². The van der Waals surface area contributed by atoms with Crippen LogP contribution < -0.4 is 4.74 Å². The number of ketones is 1. The summed E-state index contributed by atoms with van der Waals surface area (Å²) < 4.78 is 8.18. The van der Waals surface area contributed by atoms with E-state index in [1.54, 1.807) is 0 Å². The van der Waals surface area contributed by atoms with E-state index in [0.29, 0.717) is 12.4 Å². The van der Waals surface area contributed by atoms with Crippen LogP contribution >= 0.6 is 0 Å². The van der Waals surface area contributed by atoms with Gasteiger partial charge in [0.05, 0.1) is 6.61 Å². The second-order valence-electron chi connectivity index (χ2n) is 7.36. The van der Waals surface area contributed by atoms with Gasteiger partial charge in [0.15, 0.2) is 5.78 Å². The summed E-state index contributed by atoms with van der Waals surface area (Å²) in [6, 6.07) is 14.5. The first kappa shape index (κ1) is 16.9. The van der Waals surface area contributed by atoms with E-state index < -0.39 is 0 Å². The molecule has 0 bridgehead atoms. The first-order chi connectivity index (χ1) is 12.6. The van der Waals surface area contributed by atoms with Crippen molar-refractivity contribution in [1.29, 1.82) is 0 Å². The summed E-state index contributed by atoms with van der Waals surface area (Å²) in [6.45, 7) is 5.67. The van der Waals surface area contributed by atoms with Gasteiger partial charge in [0.25, 0.3) is 0 Å². The van der Waals surface area contributed by atoms with Crippen LogP contribution in [0.2, 0.25) is 0 Å². The SMILES string of the molecule is Cc1ccc(C)c(OCCCn2cc(C(=O)C3CC3)c3ccccc32)c1. The van der Waals surface area contributed by atoms with Crippen LogP contribution in [0.1, 0.15) is 40.7 Å². The Morgan fingerprint density at radius 3 is 2.77 bits per heavy atom. The number of carbonyl (C=O) groups is 1. The Morgan fingerprint density at radius 1 is 1.15 bits per heavy atom. The van der Waals surface area contributed by atoms with E-state index in [2.05, 4.69) is 48.7 Å². The van der Waals surface area contributed by atoms with E-state index in [4.69, 9.17) is 4.74 Å². The van der Waals surface area contributed by atoms with Crippen LogP contribution in [0.15, 0.2) is 48.7 Å². The van der Waals surface area contributed by atoms with Crippen molar-refractivity contribution in [2.75, 3.05) is 6.61 Å². The number of rotatable bonds is 7. The zero-order valence-corrected chi connectivity index (χ0v) is 15.5. The molecule has 1 saturated carbocycles. The highest BCUT2D eigenvalue weighted by atomic mass is 16.5. The molecule has 3 heteroatoms. The normalized spacial score (nSPS) is 13.9. The molecule has 134 valence electrons. The van der Waals surface area contributed by atoms with Crippen molar-refractivity contribution in [1.82, 2.24) is 4.57 Å². The standard InChI is InChI=1S/C23H25NO2/c1-16-8-9-17(2)22(14-16)26-13-5-12-24-15-20(23(25)18-10-11-18)19-6-3-4-7-21(19)24/h3-4,6-9,14-15,18H,5,10-13H2,1-2H3. The van der Waals surface area contributed by atoms with Crippen molar-refractivity contribution in [2.45, 2.75) is 39.7 Å². The van der Waals surface area contributed by atoms with Gasteiger partial charge in [-0.3, -0.25) is 4.79 Å². The molecule has 2 aromatic carbocycles. The molecule has 0 saturated heterocycles. The molecule has 3 nitrogen and oxygen atoms in total. The summed E-state index contributed by atoms with van der Waals surface area (Å²) in [5.74, 6) is 1.53. The molecule has 1 aromatic heterocycles. The molecule has 0 N–H and O–H groups in total. The van der Waals surface area contributed by atoms with E-state index in [1.807, 2.05) is 18.3 Å². The quantitative estimate of drug-likeness (QED) is 0.428. The van der Waals surface area contributed by atoms with Gasteiger partial charge in [0.1, 0.15) is 5.75 Å².